The number of hydrogen-bond donors (Lipinski definition) is 1. The summed E-state index contributed by atoms with van der Waals surface area (Å²) in [5.74, 6) is -0.220. The third-order valence-corrected chi connectivity index (χ3v) is 3.51. The summed E-state index contributed by atoms with van der Waals surface area (Å²) in [6, 6.07) is 16.7. The lowest BCUT2D eigenvalue weighted by Crippen LogP contribution is -2.31. The quantitative estimate of drug-likeness (QED) is 0.841. The standard InChI is InChI=1S/C18H22FNO/c1-2-18(21)14-20(12-15-6-4-3-5-7-15)13-16-8-10-17(19)11-9-16/h3-11,18,21H,2,12-14H2,1H3/t18-/m1/s1. The molecule has 2 aromatic carbocycles. The van der Waals surface area contributed by atoms with Gasteiger partial charge in [0.15, 0.2) is 0 Å². The molecule has 0 heterocycles. The number of nitrogens with zero attached hydrogens (tertiary/aromatic N) is 1. The summed E-state index contributed by atoms with van der Waals surface area (Å²) in [7, 11) is 0. The van der Waals surface area contributed by atoms with Gasteiger partial charge in [-0.15, -0.1) is 0 Å². The lowest BCUT2D eigenvalue weighted by molar-refractivity contribution is 0.101. The van der Waals surface area contributed by atoms with Crippen LogP contribution in [0, 0.1) is 5.82 Å². The van der Waals surface area contributed by atoms with Gasteiger partial charge in [0.25, 0.3) is 0 Å². The van der Waals surface area contributed by atoms with Gasteiger partial charge in [0, 0.05) is 19.6 Å². The molecule has 2 aromatic rings. The van der Waals surface area contributed by atoms with Crippen LogP contribution in [0.2, 0.25) is 0 Å². The highest BCUT2D eigenvalue weighted by molar-refractivity contribution is 5.17. The average molecular weight is 287 g/mol. The molecule has 21 heavy (non-hydrogen) atoms. The molecule has 0 bridgehead atoms. The average Bonchev–Trinajstić information content (AvgIpc) is 2.50. The Kier molecular flexibility index (Phi) is 5.90. The zero-order valence-corrected chi connectivity index (χ0v) is 12.4. The number of aliphatic hydroxyl groups excluding tert-OH is 1. The smallest absolute Gasteiger partial charge is 0.123 e. The maximum atomic E-state index is 13.0. The summed E-state index contributed by atoms with van der Waals surface area (Å²) in [5.41, 5.74) is 2.26. The molecule has 2 nitrogen and oxygen atoms in total. The van der Waals surface area contributed by atoms with Gasteiger partial charge >= 0.3 is 0 Å². The van der Waals surface area contributed by atoms with E-state index in [4.69, 9.17) is 0 Å². The molecule has 0 aliphatic rings. The summed E-state index contributed by atoms with van der Waals surface area (Å²) in [4.78, 5) is 2.19. The van der Waals surface area contributed by atoms with E-state index in [1.54, 1.807) is 12.1 Å². The Morgan fingerprint density at radius 1 is 0.952 bits per heavy atom. The van der Waals surface area contributed by atoms with Crippen molar-refractivity contribution in [3.63, 3.8) is 0 Å². The zero-order chi connectivity index (χ0) is 15.1. The number of rotatable bonds is 7. The molecule has 1 N–H and O–H groups in total. The number of aliphatic hydroxyl groups is 1. The Labute approximate surface area is 125 Å². The van der Waals surface area contributed by atoms with Crippen LogP contribution in [0.3, 0.4) is 0 Å². The molecule has 0 fully saturated rings. The predicted octanol–water partition coefficient (Wildman–Crippen LogP) is 3.60. The van der Waals surface area contributed by atoms with Crippen LogP contribution in [0.15, 0.2) is 54.6 Å². The molecule has 112 valence electrons. The fourth-order valence-corrected chi connectivity index (χ4v) is 2.30. The predicted molar refractivity (Wildman–Crippen MR) is 83.3 cm³/mol. The SMILES string of the molecule is CC[C@@H](O)CN(Cc1ccccc1)Cc1ccc(F)cc1. The van der Waals surface area contributed by atoms with Crippen molar-refractivity contribution in [1.82, 2.24) is 4.90 Å². The summed E-state index contributed by atoms with van der Waals surface area (Å²) in [6.07, 6.45) is 0.392. The van der Waals surface area contributed by atoms with Crippen molar-refractivity contribution in [2.45, 2.75) is 32.5 Å². The molecule has 0 aliphatic heterocycles. The second-order valence-electron chi connectivity index (χ2n) is 5.34. The highest BCUT2D eigenvalue weighted by Crippen LogP contribution is 2.12. The fourth-order valence-electron chi connectivity index (χ4n) is 2.30. The molecule has 1 atom stereocenters. The minimum absolute atomic E-state index is 0.220. The van der Waals surface area contributed by atoms with E-state index in [1.807, 2.05) is 25.1 Å². The van der Waals surface area contributed by atoms with Gasteiger partial charge in [-0.3, -0.25) is 4.90 Å². The van der Waals surface area contributed by atoms with Crippen LogP contribution >= 0.6 is 0 Å². The van der Waals surface area contributed by atoms with Crippen molar-refractivity contribution in [3.8, 4) is 0 Å². The first kappa shape index (κ1) is 15.7. The summed E-state index contributed by atoms with van der Waals surface area (Å²) < 4.78 is 13.0. The van der Waals surface area contributed by atoms with Crippen LogP contribution in [-0.4, -0.2) is 22.7 Å². The van der Waals surface area contributed by atoms with Gasteiger partial charge in [0.1, 0.15) is 5.82 Å². The number of hydrogen-bond acceptors (Lipinski definition) is 2. The Morgan fingerprint density at radius 3 is 2.10 bits per heavy atom. The third kappa shape index (κ3) is 5.29. The Morgan fingerprint density at radius 2 is 1.52 bits per heavy atom. The van der Waals surface area contributed by atoms with Crippen LogP contribution in [-0.2, 0) is 13.1 Å². The first-order valence-corrected chi connectivity index (χ1v) is 7.36. The molecule has 0 aliphatic carbocycles. The molecule has 0 aromatic heterocycles. The number of benzene rings is 2. The molecule has 0 saturated carbocycles. The Balaban J connectivity index is 2.06. The Hall–Kier alpha value is -1.71. The highest BCUT2D eigenvalue weighted by Gasteiger charge is 2.11. The van der Waals surface area contributed by atoms with E-state index >= 15 is 0 Å². The molecule has 0 radical (unpaired) electrons. The van der Waals surface area contributed by atoms with E-state index in [0.717, 1.165) is 18.5 Å². The second-order valence-corrected chi connectivity index (χ2v) is 5.34. The van der Waals surface area contributed by atoms with Gasteiger partial charge in [0.05, 0.1) is 6.10 Å². The lowest BCUT2D eigenvalue weighted by Gasteiger charge is -2.25. The first-order chi connectivity index (χ1) is 10.2. The van der Waals surface area contributed by atoms with Gasteiger partial charge in [-0.05, 0) is 29.7 Å². The maximum Gasteiger partial charge on any atom is 0.123 e. The van der Waals surface area contributed by atoms with Gasteiger partial charge in [0.2, 0.25) is 0 Å². The van der Waals surface area contributed by atoms with Crippen LogP contribution in [0.4, 0.5) is 4.39 Å². The minimum atomic E-state index is -0.339. The lowest BCUT2D eigenvalue weighted by atomic mass is 10.1. The molecule has 2 rings (SSSR count). The molecule has 0 unspecified atom stereocenters. The van der Waals surface area contributed by atoms with E-state index in [0.29, 0.717) is 13.1 Å². The van der Waals surface area contributed by atoms with Crippen LogP contribution in [0.5, 0.6) is 0 Å². The van der Waals surface area contributed by atoms with Crippen molar-refractivity contribution in [2.75, 3.05) is 6.54 Å². The molecule has 0 saturated heterocycles. The van der Waals surface area contributed by atoms with E-state index in [2.05, 4.69) is 17.0 Å². The van der Waals surface area contributed by atoms with E-state index in [-0.39, 0.29) is 11.9 Å². The largest absolute Gasteiger partial charge is 0.392 e. The first-order valence-electron chi connectivity index (χ1n) is 7.36. The third-order valence-electron chi connectivity index (χ3n) is 3.51. The Bertz CT molecular complexity index is 527. The van der Waals surface area contributed by atoms with E-state index in [1.165, 1.54) is 17.7 Å². The second kappa shape index (κ2) is 7.91. The molecule has 0 amide bonds. The van der Waals surface area contributed by atoms with Crippen molar-refractivity contribution in [3.05, 3.63) is 71.5 Å². The summed E-state index contributed by atoms with van der Waals surface area (Å²) >= 11 is 0. The van der Waals surface area contributed by atoms with Gasteiger partial charge < -0.3 is 5.11 Å². The van der Waals surface area contributed by atoms with Crippen LogP contribution in [0.1, 0.15) is 24.5 Å². The summed E-state index contributed by atoms with van der Waals surface area (Å²) in [5, 5.41) is 9.93. The van der Waals surface area contributed by atoms with Crippen LogP contribution < -0.4 is 0 Å². The monoisotopic (exact) mass is 287 g/mol. The highest BCUT2D eigenvalue weighted by atomic mass is 19.1. The number of halogens is 1. The van der Waals surface area contributed by atoms with E-state index in [9.17, 15) is 9.50 Å². The maximum absolute atomic E-state index is 13.0. The van der Waals surface area contributed by atoms with Gasteiger partial charge in [-0.25, -0.2) is 4.39 Å². The molecular formula is C18H22FNO. The van der Waals surface area contributed by atoms with Crippen molar-refractivity contribution in [1.29, 1.82) is 0 Å². The van der Waals surface area contributed by atoms with E-state index < -0.39 is 0 Å². The topological polar surface area (TPSA) is 23.5 Å². The van der Waals surface area contributed by atoms with Crippen LogP contribution in [0.25, 0.3) is 0 Å². The van der Waals surface area contributed by atoms with Gasteiger partial charge in [-0.1, -0.05) is 49.4 Å². The zero-order valence-electron chi connectivity index (χ0n) is 12.4. The van der Waals surface area contributed by atoms with Crippen molar-refractivity contribution in [2.24, 2.45) is 0 Å². The van der Waals surface area contributed by atoms with Gasteiger partial charge in [-0.2, -0.15) is 0 Å². The fraction of sp³-hybridized carbons (Fsp3) is 0.333. The van der Waals surface area contributed by atoms with Crippen molar-refractivity contribution >= 4 is 0 Å². The van der Waals surface area contributed by atoms with Crippen molar-refractivity contribution < 1.29 is 9.50 Å². The molecule has 0 spiro atoms. The summed E-state index contributed by atoms with van der Waals surface area (Å²) in [6.45, 7) is 4.06. The minimum Gasteiger partial charge on any atom is -0.392 e. The normalized spacial score (nSPS) is 12.6. The molecule has 3 heteroatoms. The molecular weight excluding hydrogens is 265 g/mol.